The lowest BCUT2D eigenvalue weighted by Gasteiger charge is -2.06. The number of anilines is 2. The van der Waals surface area contributed by atoms with Crippen LogP contribution in [0.1, 0.15) is 6.92 Å². The van der Waals surface area contributed by atoms with Crippen LogP contribution in [0.15, 0.2) is 5.16 Å². The fraction of sp³-hybridized carbons (Fsp3) is 0.625. The third-order valence-corrected chi connectivity index (χ3v) is 2.27. The normalized spacial score (nSPS) is 10.1. The van der Waals surface area contributed by atoms with Gasteiger partial charge in [0, 0.05) is 20.1 Å². The van der Waals surface area contributed by atoms with Gasteiger partial charge in [0.05, 0.1) is 0 Å². The van der Waals surface area contributed by atoms with E-state index in [4.69, 9.17) is 5.73 Å². The van der Waals surface area contributed by atoms with Crippen LogP contribution in [0, 0.1) is 0 Å². The molecule has 7 heteroatoms. The Morgan fingerprint density at radius 1 is 1.27 bits per heavy atom. The molecule has 0 amide bonds. The van der Waals surface area contributed by atoms with Crippen molar-refractivity contribution < 1.29 is 0 Å². The van der Waals surface area contributed by atoms with E-state index >= 15 is 0 Å². The maximum atomic E-state index is 5.39. The molecular weight excluding hydrogens is 212 g/mol. The van der Waals surface area contributed by atoms with Gasteiger partial charge in [-0.05, 0) is 5.75 Å². The van der Waals surface area contributed by atoms with Crippen LogP contribution in [-0.4, -0.2) is 40.8 Å². The molecule has 1 heterocycles. The van der Waals surface area contributed by atoms with E-state index in [0.29, 0.717) is 25.0 Å². The summed E-state index contributed by atoms with van der Waals surface area (Å²) in [4.78, 5) is 12.6. The van der Waals surface area contributed by atoms with Gasteiger partial charge in [-0.25, -0.2) is 0 Å². The van der Waals surface area contributed by atoms with E-state index < -0.39 is 0 Å². The molecule has 1 aromatic rings. The molecule has 1 rings (SSSR count). The van der Waals surface area contributed by atoms with Crippen molar-refractivity contribution in [3.05, 3.63) is 0 Å². The summed E-state index contributed by atoms with van der Waals surface area (Å²) in [5.41, 5.74) is 5.39. The van der Waals surface area contributed by atoms with Crippen LogP contribution in [0.4, 0.5) is 11.9 Å². The van der Waals surface area contributed by atoms with Crippen LogP contribution in [0.2, 0.25) is 0 Å². The Morgan fingerprint density at radius 2 is 2.00 bits per heavy atom. The van der Waals surface area contributed by atoms with Gasteiger partial charge in [-0.2, -0.15) is 15.0 Å². The standard InChI is InChI=1S/C8H16N6S/c1-3-15-8-13-6(10-2)12-7(14-8)11-5-4-9/h3-5,9H2,1-2H3,(H2,10,11,12,13,14). The molecule has 0 spiro atoms. The Labute approximate surface area is 93.5 Å². The lowest BCUT2D eigenvalue weighted by molar-refractivity contribution is 0.891. The van der Waals surface area contributed by atoms with Gasteiger partial charge >= 0.3 is 0 Å². The van der Waals surface area contributed by atoms with Crippen LogP contribution >= 0.6 is 11.8 Å². The van der Waals surface area contributed by atoms with Crippen molar-refractivity contribution in [2.75, 3.05) is 36.5 Å². The highest BCUT2D eigenvalue weighted by Gasteiger charge is 2.04. The maximum Gasteiger partial charge on any atom is 0.228 e. The molecule has 0 unspecified atom stereocenters. The van der Waals surface area contributed by atoms with Gasteiger partial charge in [0.2, 0.25) is 11.9 Å². The molecule has 0 fully saturated rings. The van der Waals surface area contributed by atoms with Crippen LogP contribution in [-0.2, 0) is 0 Å². The number of rotatable bonds is 6. The number of nitrogens with zero attached hydrogens (tertiary/aromatic N) is 3. The SMILES string of the molecule is CCSc1nc(NC)nc(NCCN)n1. The molecule has 6 nitrogen and oxygen atoms in total. The smallest absolute Gasteiger partial charge is 0.228 e. The van der Waals surface area contributed by atoms with E-state index in [1.165, 1.54) is 0 Å². The summed E-state index contributed by atoms with van der Waals surface area (Å²) in [5, 5.41) is 6.64. The van der Waals surface area contributed by atoms with E-state index in [1.54, 1.807) is 18.8 Å². The molecule has 1 aromatic heterocycles. The van der Waals surface area contributed by atoms with Crippen LogP contribution in [0.25, 0.3) is 0 Å². The maximum absolute atomic E-state index is 5.39. The van der Waals surface area contributed by atoms with Crippen molar-refractivity contribution >= 4 is 23.7 Å². The number of nitrogens with two attached hydrogens (primary N) is 1. The van der Waals surface area contributed by atoms with Crippen molar-refractivity contribution in [1.29, 1.82) is 0 Å². The van der Waals surface area contributed by atoms with Gasteiger partial charge in [-0.3, -0.25) is 0 Å². The number of nitrogens with one attached hydrogen (secondary N) is 2. The Kier molecular flexibility index (Phi) is 5.13. The zero-order chi connectivity index (χ0) is 11.1. The summed E-state index contributed by atoms with van der Waals surface area (Å²) < 4.78 is 0. The largest absolute Gasteiger partial charge is 0.357 e. The Hall–Kier alpha value is -1.08. The second kappa shape index (κ2) is 6.41. The zero-order valence-corrected chi connectivity index (χ0v) is 9.77. The number of hydrogen-bond acceptors (Lipinski definition) is 7. The molecule has 0 aliphatic carbocycles. The lowest BCUT2D eigenvalue weighted by atomic mass is 10.6. The van der Waals surface area contributed by atoms with E-state index in [2.05, 4.69) is 32.5 Å². The first-order valence-electron chi connectivity index (χ1n) is 4.80. The molecule has 0 saturated heterocycles. The topological polar surface area (TPSA) is 88.8 Å². The minimum Gasteiger partial charge on any atom is -0.357 e. The first kappa shape index (κ1) is 12.0. The van der Waals surface area contributed by atoms with Crippen molar-refractivity contribution in [2.24, 2.45) is 5.73 Å². The van der Waals surface area contributed by atoms with Crippen molar-refractivity contribution in [2.45, 2.75) is 12.1 Å². The van der Waals surface area contributed by atoms with Crippen molar-refractivity contribution in [3.63, 3.8) is 0 Å². The highest BCUT2D eigenvalue weighted by atomic mass is 32.2. The van der Waals surface area contributed by atoms with Crippen LogP contribution < -0.4 is 16.4 Å². The molecule has 4 N–H and O–H groups in total. The minimum atomic E-state index is 0.552. The summed E-state index contributed by atoms with van der Waals surface area (Å²) in [7, 11) is 1.78. The Morgan fingerprint density at radius 3 is 2.60 bits per heavy atom. The van der Waals surface area contributed by atoms with E-state index in [-0.39, 0.29) is 0 Å². The second-order valence-corrected chi connectivity index (χ2v) is 3.89. The van der Waals surface area contributed by atoms with Gasteiger partial charge in [-0.1, -0.05) is 18.7 Å². The molecular formula is C8H16N6S. The number of hydrogen-bond donors (Lipinski definition) is 3. The summed E-state index contributed by atoms with van der Waals surface area (Å²) in [5.74, 6) is 2.07. The molecule has 0 aliphatic rings. The predicted octanol–water partition coefficient (Wildman–Crippen LogP) is 0.396. The third-order valence-electron chi connectivity index (χ3n) is 1.54. The fourth-order valence-electron chi connectivity index (χ4n) is 0.925. The monoisotopic (exact) mass is 228 g/mol. The first-order chi connectivity index (χ1) is 7.30. The Balaban J connectivity index is 2.79. The number of aromatic nitrogens is 3. The highest BCUT2D eigenvalue weighted by Crippen LogP contribution is 2.15. The van der Waals surface area contributed by atoms with Gasteiger partial charge in [0.15, 0.2) is 5.16 Å². The second-order valence-electron chi connectivity index (χ2n) is 2.66. The quantitative estimate of drug-likeness (QED) is 0.607. The van der Waals surface area contributed by atoms with Crippen molar-refractivity contribution in [3.8, 4) is 0 Å². The van der Waals surface area contributed by atoms with Gasteiger partial charge in [0.1, 0.15) is 0 Å². The summed E-state index contributed by atoms with van der Waals surface area (Å²) >= 11 is 1.58. The molecule has 0 bridgehead atoms. The molecule has 84 valence electrons. The van der Waals surface area contributed by atoms with E-state index in [9.17, 15) is 0 Å². The highest BCUT2D eigenvalue weighted by molar-refractivity contribution is 7.99. The summed E-state index contributed by atoms with van der Waals surface area (Å²) in [6.07, 6.45) is 0. The summed E-state index contributed by atoms with van der Waals surface area (Å²) in [6.45, 7) is 3.26. The average Bonchev–Trinajstić information content (AvgIpc) is 2.26. The molecule has 0 saturated carbocycles. The molecule has 15 heavy (non-hydrogen) atoms. The van der Waals surface area contributed by atoms with Crippen LogP contribution in [0.3, 0.4) is 0 Å². The predicted molar refractivity (Wildman–Crippen MR) is 63.3 cm³/mol. The van der Waals surface area contributed by atoms with Gasteiger partial charge in [0.25, 0.3) is 0 Å². The fourth-order valence-corrected chi connectivity index (χ4v) is 1.49. The molecule has 0 atom stereocenters. The van der Waals surface area contributed by atoms with E-state index in [1.807, 2.05) is 0 Å². The van der Waals surface area contributed by atoms with E-state index in [0.717, 1.165) is 10.9 Å². The van der Waals surface area contributed by atoms with Gasteiger partial charge in [-0.15, -0.1) is 0 Å². The minimum absolute atomic E-state index is 0.552. The molecule has 0 radical (unpaired) electrons. The molecule has 0 aliphatic heterocycles. The number of thioether (sulfide) groups is 1. The zero-order valence-electron chi connectivity index (χ0n) is 8.95. The lowest BCUT2D eigenvalue weighted by Crippen LogP contribution is -2.16. The third kappa shape index (κ3) is 3.88. The average molecular weight is 228 g/mol. The van der Waals surface area contributed by atoms with Crippen molar-refractivity contribution in [1.82, 2.24) is 15.0 Å². The summed E-state index contributed by atoms with van der Waals surface area (Å²) in [6, 6.07) is 0. The van der Waals surface area contributed by atoms with Gasteiger partial charge < -0.3 is 16.4 Å². The Bertz CT molecular complexity index is 305. The van der Waals surface area contributed by atoms with Crippen LogP contribution in [0.5, 0.6) is 0 Å². The molecule has 0 aromatic carbocycles. The first-order valence-corrected chi connectivity index (χ1v) is 5.79.